The van der Waals surface area contributed by atoms with Crippen molar-refractivity contribution < 1.29 is 14.3 Å². The van der Waals surface area contributed by atoms with E-state index < -0.39 is 0 Å². The van der Waals surface area contributed by atoms with Crippen molar-refractivity contribution in [2.24, 2.45) is 5.92 Å². The Morgan fingerprint density at radius 1 is 1.52 bits per heavy atom. The molecule has 0 unspecified atom stereocenters. The van der Waals surface area contributed by atoms with E-state index in [4.69, 9.17) is 10.2 Å². The van der Waals surface area contributed by atoms with E-state index in [0.29, 0.717) is 29.1 Å². The summed E-state index contributed by atoms with van der Waals surface area (Å²) in [6.45, 7) is 3.89. The molecule has 1 atom stereocenters. The van der Waals surface area contributed by atoms with Crippen molar-refractivity contribution in [1.82, 2.24) is 9.97 Å². The molecule has 0 saturated carbocycles. The molecule has 2 rings (SSSR count). The molecule has 0 amide bonds. The van der Waals surface area contributed by atoms with Gasteiger partial charge < -0.3 is 20.6 Å². The molecule has 0 fully saturated rings. The number of hydrogen-bond donors (Lipinski definition) is 3. The van der Waals surface area contributed by atoms with Gasteiger partial charge in [0.25, 0.3) is 0 Å². The molecule has 2 aromatic rings. The van der Waals surface area contributed by atoms with Gasteiger partial charge in [-0.2, -0.15) is 0 Å². The second kappa shape index (κ2) is 6.36. The second-order valence-corrected chi connectivity index (χ2v) is 4.99. The van der Waals surface area contributed by atoms with Gasteiger partial charge in [0.15, 0.2) is 23.7 Å². The highest BCUT2D eigenvalue weighted by atomic mass is 16.3. The molecule has 0 radical (unpaired) electrons. The Bertz CT molecular complexity index is 624. The lowest BCUT2D eigenvalue weighted by atomic mass is 10.1. The van der Waals surface area contributed by atoms with Crippen LogP contribution in [0.4, 0.5) is 11.6 Å². The number of rotatable bonds is 6. The number of carbonyl (C=O) groups excluding carboxylic acids is 1. The lowest BCUT2D eigenvalue weighted by Crippen LogP contribution is -2.30. The molecule has 0 saturated heterocycles. The first-order valence-electron chi connectivity index (χ1n) is 6.59. The third-order valence-electron chi connectivity index (χ3n) is 3.18. The van der Waals surface area contributed by atoms with E-state index in [1.807, 2.05) is 13.8 Å². The number of aliphatic hydroxyl groups excluding tert-OH is 1. The van der Waals surface area contributed by atoms with Crippen molar-refractivity contribution >= 4 is 17.9 Å². The Kier molecular flexibility index (Phi) is 4.54. The van der Waals surface area contributed by atoms with Gasteiger partial charge in [0.2, 0.25) is 0 Å². The number of aliphatic hydroxyl groups is 1. The minimum atomic E-state index is -0.195. The summed E-state index contributed by atoms with van der Waals surface area (Å²) in [5.41, 5.74) is 6.59. The first-order chi connectivity index (χ1) is 10.1. The molecule has 2 aromatic heterocycles. The summed E-state index contributed by atoms with van der Waals surface area (Å²) in [5, 5.41) is 12.4. The number of furan rings is 1. The molecule has 2 heterocycles. The van der Waals surface area contributed by atoms with E-state index in [1.54, 1.807) is 6.07 Å². The van der Waals surface area contributed by atoms with Crippen molar-refractivity contribution in [2.75, 3.05) is 17.7 Å². The van der Waals surface area contributed by atoms with Crippen LogP contribution in [0.5, 0.6) is 0 Å². The van der Waals surface area contributed by atoms with Gasteiger partial charge in [-0.25, -0.2) is 9.97 Å². The first-order valence-corrected chi connectivity index (χ1v) is 6.59. The fraction of sp³-hybridized carbons (Fsp3) is 0.357. The number of carbonyl (C=O) groups is 1. The molecular formula is C14H18N4O3. The Balaban J connectivity index is 2.35. The summed E-state index contributed by atoms with van der Waals surface area (Å²) in [7, 11) is 0. The SMILES string of the molecule is CC(C)[C@@H](CO)Nc1nc(-c2occc2C=O)cnc1N. The van der Waals surface area contributed by atoms with Gasteiger partial charge in [0.05, 0.1) is 30.7 Å². The molecule has 0 aliphatic rings. The van der Waals surface area contributed by atoms with E-state index in [1.165, 1.54) is 12.5 Å². The fourth-order valence-electron chi connectivity index (χ4n) is 1.83. The minimum absolute atomic E-state index is 0.0522. The Morgan fingerprint density at radius 3 is 2.90 bits per heavy atom. The van der Waals surface area contributed by atoms with Crippen LogP contribution in [0.2, 0.25) is 0 Å². The van der Waals surface area contributed by atoms with Crippen molar-refractivity contribution in [3.8, 4) is 11.5 Å². The van der Waals surface area contributed by atoms with Gasteiger partial charge in [0.1, 0.15) is 5.69 Å². The van der Waals surface area contributed by atoms with Crippen molar-refractivity contribution in [3.63, 3.8) is 0 Å². The summed E-state index contributed by atoms with van der Waals surface area (Å²) in [5.74, 6) is 1.10. The maximum atomic E-state index is 10.9. The van der Waals surface area contributed by atoms with Crippen LogP contribution in [-0.2, 0) is 0 Å². The van der Waals surface area contributed by atoms with Crippen LogP contribution in [-0.4, -0.2) is 34.0 Å². The predicted octanol–water partition coefficient (Wildman–Crippen LogP) is 1.56. The zero-order chi connectivity index (χ0) is 15.4. The highest BCUT2D eigenvalue weighted by Gasteiger charge is 2.17. The number of hydrogen-bond acceptors (Lipinski definition) is 7. The van der Waals surface area contributed by atoms with E-state index in [0.717, 1.165) is 0 Å². The molecule has 0 bridgehead atoms. The minimum Gasteiger partial charge on any atom is -0.462 e. The van der Waals surface area contributed by atoms with Crippen LogP contribution in [0, 0.1) is 5.92 Å². The summed E-state index contributed by atoms with van der Waals surface area (Å²) < 4.78 is 5.26. The number of aldehydes is 1. The van der Waals surface area contributed by atoms with Crippen LogP contribution < -0.4 is 11.1 Å². The van der Waals surface area contributed by atoms with Crippen molar-refractivity contribution in [3.05, 3.63) is 24.1 Å². The summed E-state index contributed by atoms with van der Waals surface area (Å²) in [4.78, 5) is 19.3. The third-order valence-corrected chi connectivity index (χ3v) is 3.18. The van der Waals surface area contributed by atoms with Gasteiger partial charge in [-0.05, 0) is 12.0 Å². The number of nitrogens with two attached hydrogens (primary N) is 1. The molecule has 7 nitrogen and oxygen atoms in total. The van der Waals surface area contributed by atoms with Crippen LogP contribution in [0.1, 0.15) is 24.2 Å². The average Bonchev–Trinajstić information content (AvgIpc) is 2.94. The monoisotopic (exact) mass is 290 g/mol. The normalized spacial score (nSPS) is 12.4. The lowest BCUT2D eigenvalue weighted by molar-refractivity contribution is 0.112. The maximum Gasteiger partial charge on any atom is 0.169 e. The van der Waals surface area contributed by atoms with Crippen molar-refractivity contribution in [2.45, 2.75) is 19.9 Å². The second-order valence-electron chi connectivity index (χ2n) is 4.99. The first kappa shape index (κ1) is 15.0. The molecule has 21 heavy (non-hydrogen) atoms. The quantitative estimate of drug-likeness (QED) is 0.691. The molecule has 0 aliphatic heterocycles. The number of nitrogens with zero attached hydrogens (tertiary/aromatic N) is 2. The van der Waals surface area contributed by atoms with E-state index in [-0.39, 0.29) is 24.4 Å². The van der Waals surface area contributed by atoms with Gasteiger partial charge in [-0.3, -0.25) is 4.79 Å². The van der Waals surface area contributed by atoms with Crippen molar-refractivity contribution in [1.29, 1.82) is 0 Å². The van der Waals surface area contributed by atoms with E-state index in [9.17, 15) is 9.90 Å². The summed E-state index contributed by atoms with van der Waals surface area (Å²) in [6, 6.07) is 1.36. The zero-order valence-electron chi connectivity index (χ0n) is 11.9. The number of nitrogens with one attached hydrogen (secondary N) is 1. The standard InChI is InChI=1S/C14H18N4O3/c1-8(2)11(7-20)18-14-13(15)16-5-10(17-14)12-9(6-19)3-4-21-12/h3-6,8,11,20H,7H2,1-2H3,(H2,15,16)(H,17,18)/t11-/m1/s1. The Morgan fingerprint density at radius 2 is 2.29 bits per heavy atom. The third kappa shape index (κ3) is 3.19. The summed E-state index contributed by atoms with van der Waals surface area (Å²) in [6.07, 6.45) is 3.54. The fourth-order valence-corrected chi connectivity index (χ4v) is 1.83. The van der Waals surface area contributed by atoms with Crippen LogP contribution in [0.15, 0.2) is 22.9 Å². The lowest BCUT2D eigenvalue weighted by Gasteiger charge is -2.21. The van der Waals surface area contributed by atoms with Gasteiger partial charge in [-0.1, -0.05) is 13.8 Å². The molecular weight excluding hydrogens is 272 g/mol. The predicted molar refractivity (Wildman–Crippen MR) is 78.9 cm³/mol. The van der Waals surface area contributed by atoms with E-state index >= 15 is 0 Å². The number of aromatic nitrogens is 2. The molecule has 0 spiro atoms. The Labute approximate surface area is 122 Å². The molecule has 7 heteroatoms. The molecule has 112 valence electrons. The topological polar surface area (TPSA) is 114 Å². The number of anilines is 2. The Hall–Kier alpha value is -2.41. The van der Waals surface area contributed by atoms with Crippen LogP contribution >= 0.6 is 0 Å². The highest BCUT2D eigenvalue weighted by molar-refractivity contribution is 5.84. The summed E-state index contributed by atoms with van der Waals surface area (Å²) >= 11 is 0. The molecule has 4 N–H and O–H groups in total. The number of nitrogen functional groups attached to an aromatic ring is 1. The largest absolute Gasteiger partial charge is 0.462 e. The van der Waals surface area contributed by atoms with Gasteiger partial charge in [0, 0.05) is 0 Å². The molecule has 0 aromatic carbocycles. The van der Waals surface area contributed by atoms with Crippen LogP contribution in [0.25, 0.3) is 11.5 Å². The molecule has 0 aliphatic carbocycles. The average molecular weight is 290 g/mol. The van der Waals surface area contributed by atoms with Gasteiger partial charge in [-0.15, -0.1) is 0 Å². The maximum absolute atomic E-state index is 10.9. The highest BCUT2D eigenvalue weighted by Crippen LogP contribution is 2.25. The van der Waals surface area contributed by atoms with Gasteiger partial charge >= 0.3 is 0 Å². The smallest absolute Gasteiger partial charge is 0.169 e. The van der Waals surface area contributed by atoms with E-state index in [2.05, 4.69) is 15.3 Å². The zero-order valence-corrected chi connectivity index (χ0v) is 11.9. The van der Waals surface area contributed by atoms with Crippen LogP contribution in [0.3, 0.4) is 0 Å².